The highest BCUT2D eigenvalue weighted by Crippen LogP contribution is 2.43. The second-order valence-electron chi connectivity index (χ2n) is 10.3. The molecule has 8 nitrogen and oxygen atoms in total. The molecule has 3 amide bonds. The maximum atomic E-state index is 14.5. The summed E-state index contributed by atoms with van der Waals surface area (Å²) in [6.45, 7) is 0.470. The van der Waals surface area contributed by atoms with Gasteiger partial charge in [-0.05, 0) is 68.1 Å². The molecule has 184 valence electrons. The Balaban J connectivity index is 1.32. The topological polar surface area (TPSA) is 105 Å². The first kappa shape index (κ1) is 25.0. The quantitative estimate of drug-likeness (QED) is 0.239. The standard InChI is InChI=1S/C22H32B2FN3O5S/c23-22(24,16-6-7-16)33-18-11-15(10-17(25)12-18)20(14-4-5-14)27-34(31,32)9-3-1-2-8-28-13-19(29)26-21(28)30/h10-12,14,16,20,27H,1-9,13,23-24H2,(H,26,29,30). The average molecular weight is 491 g/mol. The summed E-state index contributed by atoms with van der Waals surface area (Å²) < 4.78 is 49.0. The van der Waals surface area contributed by atoms with Crippen LogP contribution >= 0.6 is 0 Å². The van der Waals surface area contributed by atoms with Gasteiger partial charge in [0, 0.05) is 24.1 Å². The van der Waals surface area contributed by atoms with Crippen molar-refractivity contribution in [2.45, 2.75) is 56.4 Å². The van der Waals surface area contributed by atoms with E-state index in [1.807, 2.05) is 15.7 Å². The summed E-state index contributed by atoms with van der Waals surface area (Å²) in [6.07, 6.45) is 5.65. The van der Waals surface area contributed by atoms with Crippen LogP contribution in [0.4, 0.5) is 9.18 Å². The monoisotopic (exact) mass is 491 g/mol. The molecule has 0 bridgehead atoms. The molecular weight excluding hydrogens is 459 g/mol. The number of rotatable bonds is 13. The summed E-state index contributed by atoms with van der Waals surface area (Å²) in [6, 6.07) is 3.64. The van der Waals surface area contributed by atoms with Crippen LogP contribution < -0.4 is 14.8 Å². The molecule has 0 radical (unpaired) electrons. The summed E-state index contributed by atoms with van der Waals surface area (Å²) in [5, 5.41) is 1.83. The minimum Gasteiger partial charge on any atom is -0.505 e. The molecule has 1 heterocycles. The molecule has 3 fully saturated rings. The number of amides is 3. The minimum absolute atomic E-state index is 0.0469. The Bertz CT molecular complexity index is 1050. The number of hydrogen-bond acceptors (Lipinski definition) is 5. The van der Waals surface area contributed by atoms with E-state index in [1.54, 1.807) is 6.07 Å². The molecule has 0 aromatic heterocycles. The number of unbranched alkanes of at least 4 members (excludes halogenated alkanes) is 2. The highest BCUT2D eigenvalue weighted by Gasteiger charge is 2.40. The third-order valence-electron chi connectivity index (χ3n) is 6.80. The molecule has 2 saturated carbocycles. The summed E-state index contributed by atoms with van der Waals surface area (Å²) >= 11 is 0. The summed E-state index contributed by atoms with van der Waals surface area (Å²) in [5.74, 6) is 0.234. The molecule has 1 saturated heterocycles. The molecule has 1 aromatic rings. The SMILES string of the molecule is BC(B)(Oc1cc(F)cc(C(NS(=O)(=O)CCCCCN2CC(=O)NC2=O)C2CC2)c1)C1CC1. The molecular formula is C22H32B2FN3O5S. The summed E-state index contributed by atoms with van der Waals surface area (Å²) in [5.41, 5.74) is 0.595. The zero-order valence-electron chi connectivity index (χ0n) is 19.8. The first-order valence-electron chi connectivity index (χ1n) is 12.1. The van der Waals surface area contributed by atoms with Crippen LogP contribution in [0.3, 0.4) is 0 Å². The van der Waals surface area contributed by atoms with Gasteiger partial charge in [0.05, 0.1) is 5.75 Å². The van der Waals surface area contributed by atoms with Crippen molar-refractivity contribution >= 4 is 37.7 Å². The van der Waals surface area contributed by atoms with Crippen LogP contribution in [-0.2, 0) is 14.8 Å². The molecule has 1 unspecified atom stereocenters. The molecule has 4 rings (SSSR count). The van der Waals surface area contributed by atoms with Crippen molar-refractivity contribution in [3.05, 3.63) is 29.6 Å². The molecule has 1 aliphatic heterocycles. The fourth-order valence-corrected chi connectivity index (χ4v) is 5.96. The number of ether oxygens (including phenoxy) is 1. The highest BCUT2D eigenvalue weighted by atomic mass is 32.2. The number of carbonyl (C=O) groups excluding carboxylic acids is 2. The van der Waals surface area contributed by atoms with Crippen LogP contribution in [0.2, 0.25) is 0 Å². The molecule has 1 aromatic carbocycles. The number of benzene rings is 1. The number of nitrogens with zero attached hydrogens (tertiary/aromatic N) is 1. The van der Waals surface area contributed by atoms with E-state index in [0.717, 1.165) is 25.7 Å². The van der Waals surface area contributed by atoms with Gasteiger partial charge in [-0.15, -0.1) is 0 Å². The molecule has 12 heteroatoms. The number of nitrogens with one attached hydrogen (secondary N) is 2. The molecule has 0 spiro atoms. The highest BCUT2D eigenvalue weighted by molar-refractivity contribution is 7.89. The average Bonchev–Trinajstić information content (AvgIpc) is 3.63. The van der Waals surface area contributed by atoms with E-state index in [2.05, 4.69) is 10.0 Å². The van der Waals surface area contributed by atoms with Crippen molar-refractivity contribution in [1.29, 1.82) is 0 Å². The lowest BCUT2D eigenvalue weighted by atomic mass is 9.62. The number of hydrogen-bond donors (Lipinski definition) is 2. The zero-order chi connectivity index (χ0) is 24.5. The largest absolute Gasteiger partial charge is 0.505 e. The number of carbonyl (C=O) groups is 2. The van der Waals surface area contributed by atoms with Gasteiger partial charge in [-0.3, -0.25) is 10.1 Å². The Kier molecular flexibility index (Phi) is 7.28. The Labute approximate surface area is 202 Å². The third kappa shape index (κ3) is 6.75. The lowest BCUT2D eigenvalue weighted by Crippen LogP contribution is -2.39. The van der Waals surface area contributed by atoms with E-state index in [-0.39, 0.29) is 29.5 Å². The summed E-state index contributed by atoms with van der Waals surface area (Å²) in [4.78, 5) is 24.2. The van der Waals surface area contributed by atoms with Gasteiger partial charge >= 0.3 is 6.03 Å². The van der Waals surface area contributed by atoms with E-state index in [1.165, 1.54) is 17.0 Å². The van der Waals surface area contributed by atoms with Gasteiger partial charge in [0.15, 0.2) is 0 Å². The van der Waals surface area contributed by atoms with Crippen LogP contribution in [0.1, 0.15) is 56.6 Å². The Morgan fingerprint density at radius 1 is 1.15 bits per heavy atom. The number of halogens is 1. The van der Waals surface area contributed by atoms with Crippen molar-refractivity contribution in [1.82, 2.24) is 14.9 Å². The first-order chi connectivity index (χ1) is 16.0. The van der Waals surface area contributed by atoms with E-state index in [0.29, 0.717) is 43.0 Å². The molecule has 3 aliphatic rings. The normalized spacial score (nSPS) is 19.9. The Morgan fingerprint density at radius 3 is 2.50 bits per heavy atom. The van der Waals surface area contributed by atoms with Gasteiger partial charge in [-0.25, -0.2) is 22.3 Å². The molecule has 2 aliphatic carbocycles. The van der Waals surface area contributed by atoms with Crippen molar-refractivity contribution in [3.8, 4) is 5.75 Å². The van der Waals surface area contributed by atoms with Crippen molar-refractivity contribution in [2.75, 3.05) is 18.8 Å². The van der Waals surface area contributed by atoms with Crippen molar-refractivity contribution in [2.24, 2.45) is 11.8 Å². The smallest absolute Gasteiger partial charge is 0.324 e. The Morgan fingerprint density at radius 2 is 1.88 bits per heavy atom. The maximum Gasteiger partial charge on any atom is 0.324 e. The molecule has 1 atom stereocenters. The van der Waals surface area contributed by atoms with Crippen LogP contribution in [0, 0.1) is 17.7 Å². The minimum atomic E-state index is -3.58. The van der Waals surface area contributed by atoms with Gasteiger partial charge < -0.3 is 9.64 Å². The second-order valence-corrected chi connectivity index (χ2v) is 12.2. The maximum absolute atomic E-state index is 14.5. The first-order valence-corrected chi connectivity index (χ1v) is 13.8. The second kappa shape index (κ2) is 9.89. The van der Waals surface area contributed by atoms with E-state index in [9.17, 15) is 22.4 Å². The van der Waals surface area contributed by atoms with Gasteiger partial charge in [-0.2, -0.15) is 0 Å². The van der Waals surface area contributed by atoms with E-state index < -0.39 is 27.9 Å². The predicted molar refractivity (Wildman–Crippen MR) is 131 cm³/mol. The zero-order valence-corrected chi connectivity index (χ0v) is 20.6. The van der Waals surface area contributed by atoms with Crippen LogP contribution in [0.25, 0.3) is 0 Å². The van der Waals surface area contributed by atoms with Gasteiger partial charge in [0.2, 0.25) is 15.9 Å². The van der Waals surface area contributed by atoms with Gasteiger partial charge in [0.25, 0.3) is 0 Å². The lowest BCUT2D eigenvalue weighted by molar-refractivity contribution is -0.118. The molecule has 2 N–H and O–H groups in total. The van der Waals surface area contributed by atoms with Crippen LogP contribution in [0.5, 0.6) is 5.75 Å². The number of sulfonamides is 1. The van der Waals surface area contributed by atoms with Gasteiger partial charge in [-0.1, -0.05) is 6.42 Å². The van der Waals surface area contributed by atoms with Crippen LogP contribution in [0.15, 0.2) is 18.2 Å². The number of urea groups is 1. The van der Waals surface area contributed by atoms with Crippen molar-refractivity contribution in [3.63, 3.8) is 0 Å². The predicted octanol–water partition coefficient (Wildman–Crippen LogP) is 0.627. The lowest BCUT2D eigenvalue weighted by Gasteiger charge is -2.28. The Hall–Kier alpha value is -2.07. The number of imide groups is 1. The van der Waals surface area contributed by atoms with Crippen LogP contribution in [-0.4, -0.2) is 65.2 Å². The summed E-state index contributed by atoms with van der Waals surface area (Å²) in [7, 11) is 0.431. The van der Waals surface area contributed by atoms with E-state index in [4.69, 9.17) is 4.74 Å². The van der Waals surface area contributed by atoms with E-state index >= 15 is 0 Å². The van der Waals surface area contributed by atoms with Gasteiger partial charge in [0.1, 0.15) is 33.8 Å². The third-order valence-corrected chi connectivity index (χ3v) is 8.24. The fraction of sp³-hybridized carbons (Fsp3) is 0.636. The molecule has 34 heavy (non-hydrogen) atoms. The van der Waals surface area contributed by atoms with Crippen molar-refractivity contribution < 1.29 is 27.1 Å². The fourth-order valence-electron chi connectivity index (χ4n) is 4.54.